The molecule has 0 aromatic heterocycles. The molecule has 2 nitrogen and oxygen atoms in total. The highest BCUT2D eigenvalue weighted by Gasteiger charge is 2.39. The van der Waals surface area contributed by atoms with Crippen molar-refractivity contribution in [1.29, 1.82) is 0 Å². The summed E-state index contributed by atoms with van der Waals surface area (Å²) < 4.78 is 14.2. The van der Waals surface area contributed by atoms with E-state index in [1.165, 1.54) is 5.57 Å². The first-order chi connectivity index (χ1) is 14.0. The van der Waals surface area contributed by atoms with Gasteiger partial charge in [-0.15, -0.1) is 0 Å². The highest BCUT2D eigenvalue weighted by atomic mass is 127. The van der Waals surface area contributed by atoms with Gasteiger partial charge in [-0.25, -0.2) is 0 Å². The van der Waals surface area contributed by atoms with Gasteiger partial charge in [0.25, 0.3) is 0 Å². The van der Waals surface area contributed by atoms with E-state index in [4.69, 9.17) is 8.85 Å². The van der Waals surface area contributed by atoms with Gasteiger partial charge in [0.15, 0.2) is 16.6 Å². The van der Waals surface area contributed by atoms with Crippen molar-refractivity contribution in [3.05, 3.63) is 36.0 Å². The minimum absolute atomic E-state index is 0.106. The van der Waals surface area contributed by atoms with Crippen LogP contribution in [0.1, 0.15) is 68.2 Å². The molecule has 31 heavy (non-hydrogen) atoms. The molecule has 0 spiro atoms. The van der Waals surface area contributed by atoms with E-state index in [2.05, 4.69) is 135 Å². The van der Waals surface area contributed by atoms with Gasteiger partial charge in [-0.2, -0.15) is 0 Å². The van der Waals surface area contributed by atoms with Crippen molar-refractivity contribution in [2.24, 2.45) is 5.92 Å². The maximum absolute atomic E-state index is 6.77. The monoisotopic (exact) mass is 578 g/mol. The van der Waals surface area contributed by atoms with Crippen LogP contribution in [0.4, 0.5) is 0 Å². The lowest BCUT2D eigenvalue weighted by atomic mass is 10.1. The molecule has 0 rings (SSSR count). The Balaban J connectivity index is 5.33. The van der Waals surface area contributed by atoms with Crippen LogP contribution in [-0.2, 0) is 8.85 Å². The third kappa shape index (κ3) is 11.8. The van der Waals surface area contributed by atoms with Crippen LogP contribution in [0.3, 0.4) is 0 Å². The predicted molar refractivity (Wildman–Crippen MR) is 155 cm³/mol. The maximum Gasteiger partial charge on any atom is 0.192 e. The van der Waals surface area contributed by atoms with Crippen LogP contribution in [0, 0.1) is 5.92 Å². The summed E-state index contributed by atoms with van der Waals surface area (Å²) in [4.78, 5) is 0. The lowest BCUT2D eigenvalue weighted by molar-refractivity contribution is 0.227. The van der Waals surface area contributed by atoms with Crippen LogP contribution in [-0.4, -0.2) is 33.8 Å². The molecule has 0 amide bonds. The Morgan fingerprint density at radius 3 is 1.94 bits per heavy atom. The van der Waals surface area contributed by atoms with E-state index in [9.17, 15) is 0 Å². The summed E-state index contributed by atoms with van der Waals surface area (Å²) in [7, 11) is -3.54. The standard InChI is InChI=1S/C26H51IO2Si2/c1-13-23(20-22(2)21-27)17-18-24(29-31(11,12)26(6,7)8)16-14-15-19-28-30(9,10)25(3,4)5/h14-15,17-18,20,22,24H,13,16,19,21H2,1-12H3/b15-14-,18-17+,23-20-/t22-,24+/m0/s1. The Morgan fingerprint density at radius 2 is 1.48 bits per heavy atom. The summed E-state index contributed by atoms with van der Waals surface area (Å²) in [6, 6.07) is 0. The van der Waals surface area contributed by atoms with Gasteiger partial charge < -0.3 is 8.85 Å². The van der Waals surface area contributed by atoms with Gasteiger partial charge in [-0.3, -0.25) is 0 Å². The van der Waals surface area contributed by atoms with E-state index in [1.807, 2.05) is 0 Å². The van der Waals surface area contributed by atoms with E-state index >= 15 is 0 Å². The summed E-state index contributed by atoms with van der Waals surface area (Å²) >= 11 is 2.46. The van der Waals surface area contributed by atoms with Crippen molar-refractivity contribution < 1.29 is 8.85 Å². The van der Waals surface area contributed by atoms with Crippen molar-refractivity contribution >= 4 is 39.2 Å². The highest BCUT2D eigenvalue weighted by molar-refractivity contribution is 14.1. The number of halogens is 1. The van der Waals surface area contributed by atoms with E-state index in [0.29, 0.717) is 12.5 Å². The molecular formula is C26H51IO2Si2. The Bertz CT molecular complexity index is 608. The molecule has 0 fully saturated rings. The van der Waals surface area contributed by atoms with Crippen LogP contribution in [0.2, 0.25) is 36.3 Å². The summed E-state index contributed by atoms with van der Waals surface area (Å²) in [6.07, 6.45) is 13.5. The van der Waals surface area contributed by atoms with Gasteiger partial charge in [0.2, 0.25) is 0 Å². The third-order valence-electron chi connectivity index (χ3n) is 6.81. The van der Waals surface area contributed by atoms with E-state index in [0.717, 1.165) is 17.3 Å². The lowest BCUT2D eigenvalue weighted by Gasteiger charge is -2.38. The zero-order chi connectivity index (χ0) is 24.5. The Hall–Kier alpha value is 0.304. The van der Waals surface area contributed by atoms with Gasteiger partial charge in [-0.1, -0.05) is 114 Å². The molecule has 0 aliphatic rings. The van der Waals surface area contributed by atoms with Gasteiger partial charge in [0.05, 0.1) is 12.7 Å². The van der Waals surface area contributed by atoms with Crippen molar-refractivity contribution in [1.82, 2.24) is 0 Å². The number of hydrogen-bond donors (Lipinski definition) is 0. The minimum Gasteiger partial charge on any atom is -0.413 e. The topological polar surface area (TPSA) is 18.5 Å². The van der Waals surface area contributed by atoms with Gasteiger partial charge >= 0.3 is 0 Å². The smallest absolute Gasteiger partial charge is 0.192 e. The second-order valence-corrected chi connectivity index (χ2v) is 22.2. The first-order valence-corrected chi connectivity index (χ1v) is 19.2. The average Bonchev–Trinajstić information content (AvgIpc) is 2.61. The summed E-state index contributed by atoms with van der Waals surface area (Å²) in [5.74, 6) is 0.604. The van der Waals surface area contributed by atoms with Crippen LogP contribution in [0.25, 0.3) is 0 Å². The van der Waals surface area contributed by atoms with Crippen molar-refractivity contribution in [3.8, 4) is 0 Å². The van der Waals surface area contributed by atoms with E-state index in [1.54, 1.807) is 0 Å². The normalized spacial score (nSPS) is 17.0. The van der Waals surface area contributed by atoms with Crippen molar-refractivity contribution in [2.75, 3.05) is 11.0 Å². The lowest BCUT2D eigenvalue weighted by Crippen LogP contribution is -2.43. The zero-order valence-electron chi connectivity index (χ0n) is 22.6. The second kappa shape index (κ2) is 13.3. The molecule has 0 heterocycles. The number of alkyl halides is 1. The largest absolute Gasteiger partial charge is 0.413 e. The maximum atomic E-state index is 6.77. The van der Waals surface area contributed by atoms with Crippen LogP contribution >= 0.6 is 22.6 Å². The van der Waals surface area contributed by atoms with Crippen molar-refractivity contribution in [2.45, 2.75) is 111 Å². The quantitative estimate of drug-likeness (QED) is 0.0755. The fraction of sp³-hybridized carbons (Fsp3) is 0.769. The molecule has 0 saturated carbocycles. The molecule has 2 atom stereocenters. The molecule has 5 heteroatoms. The van der Waals surface area contributed by atoms with E-state index in [-0.39, 0.29) is 16.2 Å². The Morgan fingerprint density at radius 1 is 0.935 bits per heavy atom. The SMILES string of the molecule is CCC(=C/[C@H](C)CI)/C=C/[C@@H](C/C=C\CO[Si](C)(C)C(C)(C)C)O[Si](C)(C)C(C)(C)C. The molecule has 0 bridgehead atoms. The summed E-state index contributed by atoms with van der Waals surface area (Å²) in [5.41, 5.74) is 1.40. The van der Waals surface area contributed by atoms with Crippen LogP contribution < -0.4 is 0 Å². The average molecular weight is 579 g/mol. The second-order valence-electron chi connectivity index (χ2n) is 11.8. The molecule has 0 unspecified atom stereocenters. The molecular weight excluding hydrogens is 527 g/mol. The predicted octanol–water partition coefficient (Wildman–Crippen LogP) is 9.31. The Kier molecular flexibility index (Phi) is 13.4. The van der Waals surface area contributed by atoms with Gasteiger partial charge in [0, 0.05) is 4.43 Å². The van der Waals surface area contributed by atoms with Crippen LogP contribution in [0.5, 0.6) is 0 Å². The van der Waals surface area contributed by atoms with Gasteiger partial charge in [-0.05, 0) is 55.0 Å². The van der Waals surface area contributed by atoms with Crippen LogP contribution in [0.15, 0.2) is 36.0 Å². The minimum atomic E-state index is -1.84. The molecule has 0 saturated heterocycles. The Labute approximate surface area is 210 Å². The summed E-state index contributed by atoms with van der Waals surface area (Å²) in [5, 5.41) is 0.447. The van der Waals surface area contributed by atoms with E-state index < -0.39 is 16.6 Å². The van der Waals surface area contributed by atoms with Gasteiger partial charge in [0.1, 0.15) is 0 Å². The molecule has 0 radical (unpaired) electrons. The fourth-order valence-corrected chi connectivity index (χ4v) is 4.91. The fourth-order valence-electron chi connectivity index (χ4n) is 2.42. The number of hydrogen-bond acceptors (Lipinski definition) is 2. The third-order valence-corrected chi connectivity index (χ3v) is 17.2. The number of allylic oxidation sites excluding steroid dienone is 3. The number of rotatable bonds is 12. The first kappa shape index (κ1) is 31.3. The summed E-state index contributed by atoms with van der Waals surface area (Å²) in [6.45, 7) is 28.3. The zero-order valence-corrected chi connectivity index (χ0v) is 26.7. The molecule has 0 N–H and O–H groups in total. The molecule has 0 aliphatic carbocycles. The highest BCUT2D eigenvalue weighted by Crippen LogP contribution is 2.38. The first-order valence-electron chi connectivity index (χ1n) is 11.9. The van der Waals surface area contributed by atoms with Crippen molar-refractivity contribution in [3.63, 3.8) is 0 Å². The molecule has 0 aromatic carbocycles. The molecule has 182 valence electrons. The molecule has 0 aromatic rings. The molecule has 0 aliphatic heterocycles.